The Balaban J connectivity index is 2.97. The van der Waals surface area contributed by atoms with Crippen molar-refractivity contribution in [1.82, 2.24) is 0 Å². The van der Waals surface area contributed by atoms with Crippen molar-refractivity contribution in [2.75, 3.05) is 6.61 Å². The molecule has 2 N–H and O–H groups in total. The molecule has 2 nitrogen and oxygen atoms in total. The Bertz CT molecular complexity index is 318. The molecule has 0 spiro atoms. The molecule has 1 rings (SSSR count). The highest BCUT2D eigenvalue weighted by Gasteiger charge is 2.11. The number of nitrogens with two attached hydrogens (primary N) is 1. The minimum Gasteiger partial charge on any atom is -0.489 e. The Labute approximate surface area is 94.2 Å². The van der Waals surface area contributed by atoms with Gasteiger partial charge < -0.3 is 10.5 Å². The molecule has 15 heavy (non-hydrogen) atoms. The first-order valence-electron chi connectivity index (χ1n) is 4.91. The lowest BCUT2D eigenvalue weighted by atomic mass is 10.1. The second-order valence-electron chi connectivity index (χ2n) is 3.50. The van der Waals surface area contributed by atoms with Crippen molar-refractivity contribution in [3.8, 4) is 5.75 Å². The van der Waals surface area contributed by atoms with Gasteiger partial charge in [-0.15, -0.1) is 0 Å². The van der Waals surface area contributed by atoms with E-state index in [-0.39, 0.29) is 11.8 Å². The predicted molar refractivity (Wildman–Crippen MR) is 59.9 cm³/mol. The van der Waals surface area contributed by atoms with Gasteiger partial charge in [0.25, 0.3) is 0 Å². The Morgan fingerprint density at radius 1 is 1.53 bits per heavy atom. The quantitative estimate of drug-likeness (QED) is 0.865. The van der Waals surface area contributed by atoms with Gasteiger partial charge in [-0.05, 0) is 38.0 Å². The number of benzene rings is 1. The van der Waals surface area contributed by atoms with E-state index >= 15 is 0 Å². The first-order valence-corrected chi connectivity index (χ1v) is 5.28. The number of halogens is 2. The average Bonchev–Trinajstić information content (AvgIpc) is 2.10. The summed E-state index contributed by atoms with van der Waals surface area (Å²) in [5.41, 5.74) is 6.41. The summed E-state index contributed by atoms with van der Waals surface area (Å²) in [4.78, 5) is 0. The summed E-state index contributed by atoms with van der Waals surface area (Å²) >= 11 is 5.89. The van der Waals surface area contributed by atoms with E-state index in [1.54, 1.807) is 13.0 Å². The molecule has 0 saturated carbocycles. The van der Waals surface area contributed by atoms with Gasteiger partial charge in [0.05, 0.1) is 11.6 Å². The zero-order chi connectivity index (χ0) is 11.4. The number of hydrogen-bond acceptors (Lipinski definition) is 2. The van der Waals surface area contributed by atoms with Crippen molar-refractivity contribution in [1.29, 1.82) is 0 Å². The van der Waals surface area contributed by atoms with E-state index in [9.17, 15) is 4.39 Å². The normalized spacial score (nSPS) is 12.6. The molecule has 1 unspecified atom stereocenters. The van der Waals surface area contributed by atoms with Gasteiger partial charge in [-0.2, -0.15) is 0 Å². The Morgan fingerprint density at radius 2 is 2.20 bits per heavy atom. The number of rotatable bonds is 4. The summed E-state index contributed by atoms with van der Waals surface area (Å²) in [6.07, 6.45) is 0.600. The SMILES string of the molecule is CCOc1c(F)cc(CC(C)N)cc1Cl. The lowest BCUT2D eigenvalue weighted by molar-refractivity contribution is 0.321. The van der Waals surface area contributed by atoms with E-state index in [4.69, 9.17) is 22.1 Å². The molecule has 0 aliphatic carbocycles. The van der Waals surface area contributed by atoms with Crippen LogP contribution in [-0.2, 0) is 6.42 Å². The highest BCUT2D eigenvalue weighted by atomic mass is 35.5. The number of hydrogen-bond donors (Lipinski definition) is 1. The predicted octanol–water partition coefficient (Wildman–Crippen LogP) is 2.77. The van der Waals surface area contributed by atoms with Crippen LogP contribution in [0.5, 0.6) is 5.75 Å². The third kappa shape index (κ3) is 3.36. The number of ether oxygens (including phenoxy) is 1. The van der Waals surface area contributed by atoms with Crippen LogP contribution in [-0.4, -0.2) is 12.6 Å². The summed E-state index contributed by atoms with van der Waals surface area (Å²) in [5.74, 6) is -0.312. The summed E-state index contributed by atoms with van der Waals surface area (Å²) in [7, 11) is 0. The van der Waals surface area contributed by atoms with E-state index in [1.165, 1.54) is 6.07 Å². The summed E-state index contributed by atoms with van der Waals surface area (Å²) in [5, 5.41) is 0.299. The molecule has 0 aliphatic heterocycles. The standard InChI is InChI=1S/C11H15ClFNO/c1-3-15-11-9(12)5-8(4-7(2)14)6-10(11)13/h5-7H,3-4,14H2,1-2H3. The fourth-order valence-electron chi connectivity index (χ4n) is 1.38. The second kappa shape index (κ2) is 5.33. The minimum atomic E-state index is -0.431. The molecule has 0 fully saturated rings. The van der Waals surface area contributed by atoms with Crippen molar-refractivity contribution in [3.05, 3.63) is 28.5 Å². The molecule has 0 amide bonds. The molecule has 1 aromatic carbocycles. The van der Waals surface area contributed by atoms with Gasteiger partial charge in [-0.1, -0.05) is 11.6 Å². The lowest BCUT2D eigenvalue weighted by Crippen LogP contribution is -2.17. The lowest BCUT2D eigenvalue weighted by Gasteiger charge is -2.10. The van der Waals surface area contributed by atoms with Gasteiger partial charge in [0.15, 0.2) is 11.6 Å². The van der Waals surface area contributed by atoms with Crippen LogP contribution in [0.1, 0.15) is 19.4 Å². The third-order valence-electron chi connectivity index (χ3n) is 1.90. The highest BCUT2D eigenvalue weighted by Crippen LogP contribution is 2.29. The van der Waals surface area contributed by atoms with Crippen molar-refractivity contribution >= 4 is 11.6 Å². The van der Waals surface area contributed by atoms with E-state index in [0.29, 0.717) is 18.1 Å². The van der Waals surface area contributed by atoms with E-state index in [0.717, 1.165) is 5.56 Å². The Kier molecular flexibility index (Phi) is 4.36. The van der Waals surface area contributed by atoms with Gasteiger partial charge in [-0.25, -0.2) is 4.39 Å². The van der Waals surface area contributed by atoms with Crippen molar-refractivity contribution in [2.24, 2.45) is 5.73 Å². The smallest absolute Gasteiger partial charge is 0.173 e. The van der Waals surface area contributed by atoms with Crippen LogP contribution in [0.3, 0.4) is 0 Å². The van der Waals surface area contributed by atoms with Gasteiger partial charge >= 0.3 is 0 Å². The van der Waals surface area contributed by atoms with Crippen LogP contribution in [0, 0.1) is 5.82 Å². The van der Waals surface area contributed by atoms with Gasteiger partial charge in [0.1, 0.15) is 0 Å². The molecule has 0 saturated heterocycles. The van der Waals surface area contributed by atoms with E-state index < -0.39 is 5.82 Å². The largest absolute Gasteiger partial charge is 0.489 e. The van der Waals surface area contributed by atoms with Crippen molar-refractivity contribution < 1.29 is 9.13 Å². The van der Waals surface area contributed by atoms with Crippen LogP contribution in [0.15, 0.2) is 12.1 Å². The molecule has 1 atom stereocenters. The molecule has 0 bridgehead atoms. The monoisotopic (exact) mass is 231 g/mol. The van der Waals surface area contributed by atoms with E-state index in [1.807, 2.05) is 6.92 Å². The van der Waals surface area contributed by atoms with Gasteiger partial charge in [-0.3, -0.25) is 0 Å². The molecule has 0 aromatic heterocycles. The maximum Gasteiger partial charge on any atom is 0.173 e. The molecule has 0 aliphatic rings. The molecule has 84 valence electrons. The fourth-order valence-corrected chi connectivity index (χ4v) is 1.67. The summed E-state index contributed by atoms with van der Waals surface area (Å²) < 4.78 is 18.6. The molecular formula is C11H15ClFNO. The zero-order valence-corrected chi connectivity index (χ0v) is 9.64. The molecule has 4 heteroatoms. The molecule has 0 heterocycles. The topological polar surface area (TPSA) is 35.2 Å². The Hall–Kier alpha value is -0.800. The molecule has 0 radical (unpaired) electrons. The van der Waals surface area contributed by atoms with Crippen LogP contribution in [0.2, 0.25) is 5.02 Å². The minimum absolute atomic E-state index is 0.0154. The first kappa shape index (κ1) is 12.3. The fraction of sp³-hybridized carbons (Fsp3) is 0.455. The first-order chi connectivity index (χ1) is 7.04. The highest BCUT2D eigenvalue weighted by molar-refractivity contribution is 6.32. The zero-order valence-electron chi connectivity index (χ0n) is 8.89. The van der Waals surface area contributed by atoms with Crippen LogP contribution >= 0.6 is 11.6 Å². The average molecular weight is 232 g/mol. The summed E-state index contributed by atoms with van der Waals surface area (Å²) in [6.45, 7) is 4.04. The van der Waals surface area contributed by atoms with Crippen LogP contribution < -0.4 is 10.5 Å². The third-order valence-corrected chi connectivity index (χ3v) is 2.19. The maximum absolute atomic E-state index is 13.5. The molecule has 1 aromatic rings. The van der Waals surface area contributed by atoms with Crippen molar-refractivity contribution in [2.45, 2.75) is 26.3 Å². The van der Waals surface area contributed by atoms with E-state index in [2.05, 4.69) is 0 Å². The van der Waals surface area contributed by atoms with Crippen LogP contribution in [0.25, 0.3) is 0 Å². The Morgan fingerprint density at radius 3 is 2.67 bits per heavy atom. The molecular weight excluding hydrogens is 217 g/mol. The van der Waals surface area contributed by atoms with Crippen LogP contribution in [0.4, 0.5) is 4.39 Å². The summed E-state index contributed by atoms with van der Waals surface area (Å²) in [6, 6.07) is 3.09. The maximum atomic E-state index is 13.5. The second-order valence-corrected chi connectivity index (χ2v) is 3.91. The van der Waals surface area contributed by atoms with Gasteiger partial charge in [0, 0.05) is 6.04 Å². The van der Waals surface area contributed by atoms with Gasteiger partial charge in [0.2, 0.25) is 0 Å². The van der Waals surface area contributed by atoms with Crippen molar-refractivity contribution in [3.63, 3.8) is 0 Å².